The van der Waals surface area contributed by atoms with Gasteiger partial charge in [-0.25, -0.2) is 4.79 Å². The first kappa shape index (κ1) is 11.2. The minimum absolute atomic E-state index is 0.000622. The fourth-order valence-electron chi connectivity index (χ4n) is 2.18. The quantitative estimate of drug-likeness (QED) is 0.712. The Balaban J connectivity index is 1.81. The molecule has 2 amide bonds. The molecule has 0 bridgehead atoms. The van der Waals surface area contributed by atoms with Gasteiger partial charge in [-0.15, -0.1) is 0 Å². The molecule has 16 heavy (non-hydrogen) atoms. The molecule has 0 spiro atoms. The molecule has 2 unspecified atom stereocenters. The Labute approximate surface area is 95.4 Å². The first-order valence-corrected chi connectivity index (χ1v) is 5.82. The van der Waals surface area contributed by atoms with E-state index in [9.17, 15) is 4.79 Å². The van der Waals surface area contributed by atoms with E-state index in [0.717, 1.165) is 32.4 Å². The van der Waals surface area contributed by atoms with Crippen LogP contribution in [0.2, 0.25) is 0 Å². The Morgan fingerprint density at radius 3 is 3.06 bits per heavy atom. The SMILES string of the molecule is N#CC1CCCN(C(=O)NC2CCOC2)C1. The second-order valence-corrected chi connectivity index (χ2v) is 4.42. The van der Waals surface area contributed by atoms with Crippen molar-refractivity contribution in [1.82, 2.24) is 10.2 Å². The van der Waals surface area contributed by atoms with Gasteiger partial charge in [0.25, 0.3) is 0 Å². The van der Waals surface area contributed by atoms with Crippen LogP contribution in [0.1, 0.15) is 19.3 Å². The molecule has 0 aromatic carbocycles. The number of piperidine rings is 1. The average Bonchev–Trinajstić information content (AvgIpc) is 2.82. The third-order valence-corrected chi connectivity index (χ3v) is 3.15. The topological polar surface area (TPSA) is 65.4 Å². The summed E-state index contributed by atoms with van der Waals surface area (Å²) in [6.07, 6.45) is 2.72. The average molecular weight is 223 g/mol. The molecule has 88 valence electrons. The third kappa shape index (κ3) is 2.64. The van der Waals surface area contributed by atoms with Crippen LogP contribution < -0.4 is 5.32 Å². The molecule has 5 nitrogen and oxygen atoms in total. The van der Waals surface area contributed by atoms with Crippen LogP contribution in [-0.4, -0.2) is 43.3 Å². The maximum absolute atomic E-state index is 11.9. The maximum Gasteiger partial charge on any atom is 0.317 e. The Bertz CT molecular complexity index is 294. The Morgan fingerprint density at radius 2 is 2.38 bits per heavy atom. The molecule has 2 aliphatic rings. The number of carbonyl (C=O) groups is 1. The number of hydrogen-bond acceptors (Lipinski definition) is 3. The van der Waals surface area contributed by atoms with Crippen LogP contribution in [0.4, 0.5) is 4.79 Å². The van der Waals surface area contributed by atoms with Gasteiger partial charge in [-0.3, -0.25) is 0 Å². The molecule has 0 radical (unpaired) electrons. The summed E-state index contributed by atoms with van der Waals surface area (Å²) >= 11 is 0. The number of ether oxygens (including phenoxy) is 1. The van der Waals surface area contributed by atoms with E-state index in [-0.39, 0.29) is 18.0 Å². The van der Waals surface area contributed by atoms with Crippen LogP contribution in [0.3, 0.4) is 0 Å². The minimum atomic E-state index is -0.0459. The van der Waals surface area contributed by atoms with Gasteiger partial charge in [-0.1, -0.05) is 0 Å². The van der Waals surface area contributed by atoms with Crippen LogP contribution >= 0.6 is 0 Å². The Morgan fingerprint density at radius 1 is 1.50 bits per heavy atom. The van der Waals surface area contributed by atoms with Crippen LogP contribution in [0.5, 0.6) is 0 Å². The van der Waals surface area contributed by atoms with Crippen molar-refractivity contribution >= 4 is 6.03 Å². The summed E-state index contributed by atoms with van der Waals surface area (Å²) in [6.45, 7) is 2.67. The lowest BCUT2D eigenvalue weighted by molar-refractivity contribution is 0.165. The second kappa shape index (κ2) is 5.17. The molecule has 0 aromatic rings. The van der Waals surface area contributed by atoms with E-state index in [1.807, 2.05) is 0 Å². The van der Waals surface area contributed by atoms with Gasteiger partial charge in [0, 0.05) is 19.7 Å². The summed E-state index contributed by atoms with van der Waals surface area (Å²) in [4.78, 5) is 13.6. The van der Waals surface area contributed by atoms with E-state index in [4.69, 9.17) is 10.00 Å². The normalized spacial score (nSPS) is 29.8. The monoisotopic (exact) mass is 223 g/mol. The van der Waals surface area contributed by atoms with Gasteiger partial charge in [0.05, 0.1) is 24.6 Å². The zero-order valence-corrected chi connectivity index (χ0v) is 9.32. The van der Waals surface area contributed by atoms with Crippen molar-refractivity contribution in [3.8, 4) is 6.07 Å². The summed E-state index contributed by atoms with van der Waals surface area (Å²) in [6, 6.07) is 2.34. The molecule has 2 atom stereocenters. The summed E-state index contributed by atoms with van der Waals surface area (Å²) < 4.78 is 5.20. The summed E-state index contributed by atoms with van der Waals surface area (Å²) in [5.74, 6) is -0.000622. The molecule has 0 saturated carbocycles. The number of amides is 2. The number of rotatable bonds is 1. The summed E-state index contributed by atoms with van der Waals surface area (Å²) in [5.41, 5.74) is 0. The number of nitrogens with zero attached hydrogens (tertiary/aromatic N) is 2. The van der Waals surface area contributed by atoms with Crippen LogP contribution in [0, 0.1) is 17.2 Å². The third-order valence-electron chi connectivity index (χ3n) is 3.15. The smallest absolute Gasteiger partial charge is 0.317 e. The van der Waals surface area contributed by atoms with Gasteiger partial charge in [0.1, 0.15) is 0 Å². The van der Waals surface area contributed by atoms with E-state index >= 15 is 0 Å². The first-order chi connectivity index (χ1) is 7.79. The highest BCUT2D eigenvalue weighted by Gasteiger charge is 2.26. The van der Waals surface area contributed by atoms with E-state index < -0.39 is 0 Å². The number of nitriles is 1. The number of likely N-dealkylation sites (tertiary alicyclic amines) is 1. The molecule has 2 heterocycles. The van der Waals surface area contributed by atoms with E-state index in [2.05, 4.69) is 11.4 Å². The number of carbonyl (C=O) groups excluding carboxylic acids is 1. The van der Waals surface area contributed by atoms with Gasteiger partial charge in [0.2, 0.25) is 0 Å². The largest absolute Gasteiger partial charge is 0.379 e. The number of nitrogens with one attached hydrogen (secondary N) is 1. The number of urea groups is 1. The highest BCUT2D eigenvalue weighted by Crippen LogP contribution is 2.15. The highest BCUT2D eigenvalue weighted by molar-refractivity contribution is 5.74. The molecule has 2 aliphatic heterocycles. The fourth-order valence-corrected chi connectivity index (χ4v) is 2.18. The van der Waals surface area contributed by atoms with E-state index in [0.29, 0.717) is 13.2 Å². The van der Waals surface area contributed by atoms with Gasteiger partial charge in [-0.2, -0.15) is 5.26 Å². The lowest BCUT2D eigenvalue weighted by Gasteiger charge is -2.30. The molecule has 2 fully saturated rings. The number of hydrogen-bond donors (Lipinski definition) is 1. The zero-order chi connectivity index (χ0) is 11.4. The van der Waals surface area contributed by atoms with Crippen molar-refractivity contribution in [2.24, 2.45) is 5.92 Å². The van der Waals surface area contributed by atoms with Gasteiger partial charge in [-0.05, 0) is 19.3 Å². The van der Waals surface area contributed by atoms with Crippen molar-refractivity contribution in [2.75, 3.05) is 26.3 Å². The molecular weight excluding hydrogens is 206 g/mol. The standard InChI is InChI=1S/C11H17N3O2/c12-6-9-2-1-4-14(7-9)11(15)13-10-3-5-16-8-10/h9-10H,1-5,7-8H2,(H,13,15). The van der Waals surface area contributed by atoms with E-state index in [1.165, 1.54) is 0 Å². The summed E-state index contributed by atoms with van der Waals surface area (Å²) in [7, 11) is 0. The molecule has 1 N–H and O–H groups in total. The van der Waals surface area contributed by atoms with Crippen LogP contribution in [0.15, 0.2) is 0 Å². The summed E-state index contributed by atoms with van der Waals surface area (Å²) in [5, 5.41) is 11.8. The molecule has 2 saturated heterocycles. The van der Waals surface area contributed by atoms with Crippen molar-refractivity contribution < 1.29 is 9.53 Å². The van der Waals surface area contributed by atoms with Crippen molar-refractivity contribution in [1.29, 1.82) is 5.26 Å². The predicted octanol–water partition coefficient (Wildman–Crippen LogP) is 0.720. The molecule has 5 heteroatoms. The van der Waals surface area contributed by atoms with Gasteiger partial charge >= 0.3 is 6.03 Å². The molecular formula is C11H17N3O2. The van der Waals surface area contributed by atoms with Crippen LogP contribution in [0.25, 0.3) is 0 Å². The van der Waals surface area contributed by atoms with Crippen molar-refractivity contribution in [3.63, 3.8) is 0 Å². The first-order valence-electron chi connectivity index (χ1n) is 5.82. The van der Waals surface area contributed by atoms with Gasteiger partial charge in [0.15, 0.2) is 0 Å². The zero-order valence-electron chi connectivity index (χ0n) is 9.32. The molecule has 0 aromatic heterocycles. The fraction of sp³-hybridized carbons (Fsp3) is 0.818. The van der Waals surface area contributed by atoms with E-state index in [1.54, 1.807) is 4.90 Å². The highest BCUT2D eigenvalue weighted by atomic mass is 16.5. The van der Waals surface area contributed by atoms with Crippen molar-refractivity contribution in [3.05, 3.63) is 0 Å². The second-order valence-electron chi connectivity index (χ2n) is 4.42. The van der Waals surface area contributed by atoms with Crippen LogP contribution in [-0.2, 0) is 4.74 Å². The lowest BCUT2D eigenvalue weighted by Crippen LogP contribution is -2.48. The minimum Gasteiger partial charge on any atom is -0.379 e. The van der Waals surface area contributed by atoms with Gasteiger partial charge < -0.3 is 15.0 Å². The maximum atomic E-state index is 11.9. The lowest BCUT2D eigenvalue weighted by atomic mass is 10.0. The molecule has 0 aliphatic carbocycles. The Hall–Kier alpha value is -1.28. The van der Waals surface area contributed by atoms with Crippen molar-refractivity contribution in [2.45, 2.75) is 25.3 Å². The predicted molar refractivity (Wildman–Crippen MR) is 57.7 cm³/mol. The Kier molecular flexibility index (Phi) is 3.62. The molecule has 2 rings (SSSR count).